The molecule has 2 aromatic carbocycles. The molecule has 0 spiro atoms. The van der Waals surface area contributed by atoms with Crippen molar-refractivity contribution in [3.05, 3.63) is 58.6 Å². The van der Waals surface area contributed by atoms with Crippen LogP contribution in [-0.4, -0.2) is 25.0 Å². The SMILES string of the molecule is NC(=O)[C@@H](NC(=O)c1cc(Cl)c2c(c1)OCCCO2)c1ccccc1. The average molecular weight is 361 g/mol. The summed E-state index contributed by atoms with van der Waals surface area (Å²) in [7, 11) is 0. The van der Waals surface area contributed by atoms with Crippen LogP contribution in [0.25, 0.3) is 0 Å². The van der Waals surface area contributed by atoms with E-state index in [1.165, 1.54) is 6.07 Å². The Bertz CT molecular complexity index is 795. The molecule has 1 aliphatic heterocycles. The van der Waals surface area contributed by atoms with Gasteiger partial charge in [0.15, 0.2) is 11.5 Å². The molecule has 0 unspecified atom stereocenters. The average Bonchev–Trinajstić information content (AvgIpc) is 2.85. The molecule has 130 valence electrons. The first kappa shape index (κ1) is 17.1. The van der Waals surface area contributed by atoms with Crippen molar-refractivity contribution in [3.8, 4) is 11.5 Å². The number of amides is 2. The molecule has 1 aliphatic rings. The predicted octanol–water partition coefficient (Wildman–Crippen LogP) is 2.46. The third-order valence-electron chi connectivity index (χ3n) is 3.76. The fourth-order valence-electron chi connectivity index (χ4n) is 2.54. The minimum atomic E-state index is -0.941. The van der Waals surface area contributed by atoms with Gasteiger partial charge in [0.05, 0.1) is 18.2 Å². The van der Waals surface area contributed by atoms with E-state index < -0.39 is 17.9 Å². The largest absolute Gasteiger partial charge is 0.489 e. The second-order valence-corrected chi connectivity index (χ2v) is 5.96. The number of hydrogen-bond acceptors (Lipinski definition) is 4. The third-order valence-corrected chi connectivity index (χ3v) is 4.04. The van der Waals surface area contributed by atoms with Crippen molar-refractivity contribution in [1.82, 2.24) is 5.32 Å². The summed E-state index contributed by atoms with van der Waals surface area (Å²) in [4.78, 5) is 24.3. The Kier molecular flexibility index (Phi) is 5.09. The number of benzene rings is 2. The Morgan fingerprint density at radius 2 is 1.84 bits per heavy atom. The maximum Gasteiger partial charge on any atom is 0.252 e. The van der Waals surface area contributed by atoms with Crippen LogP contribution in [-0.2, 0) is 4.79 Å². The molecule has 2 aromatic rings. The quantitative estimate of drug-likeness (QED) is 0.876. The topological polar surface area (TPSA) is 90.7 Å². The highest BCUT2D eigenvalue weighted by molar-refractivity contribution is 6.32. The van der Waals surface area contributed by atoms with Crippen molar-refractivity contribution in [1.29, 1.82) is 0 Å². The van der Waals surface area contributed by atoms with Gasteiger partial charge in [-0.05, 0) is 17.7 Å². The Hall–Kier alpha value is -2.73. The molecule has 1 atom stereocenters. The Morgan fingerprint density at radius 1 is 1.12 bits per heavy atom. The van der Waals surface area contributed by atoms with Gasteiger partial charge in [0.2, 0.25) is 5.91 Å². The first-order chi connectivity index (χ1) is 12.1. The lowest BCUT2D eigenvalue weighted by molar-refractivity contribution is -0.120. The number of carbonyl (C=O) groups is 2. The van der Waals surface area contributed by atoms with Crippen molar-refractivity contribution in [2.24, 2.45) is 5.73 Å². The van der Waals surface area contributed by atoms with Crippen LogP contribution in [0.5, 0.6) is 11.5 Å². The molecular formula is C18H17ClN2O4. The van der Waals surface area contributed by atoms with Crippen LogP contribution in [0.1, 0.15) is 28.4 Å². The van der Waals surface area contributed by atoms with Gasteiger partial charge in [-0.1, -0.05) is 41.9 Å². The number of fused-ring (bicyclic) bond motifs is 1. The smallest absolute Gasteiger partial charge is 0.252 e. The molecule has 0 saturated carbocycles. The van der Waals surface area contributed by atoms with Gasteiger partial charge in [-0.2, -0.15) is 0 Å². The van der Waals surface area contributed by atoms with Crippen molar-refractivity contribution in [2.75, 3.05) is 13.2 Å². The molecule has 7 heteroatoms. The number of carbonyl (C=O) groups excluding carboxylic acids is 2. The lowest BCUT2D eigenvalue weighted by Gasteiger charge is -2.17. The number of nitrogens with one attached hydrogen (secondary N) is 1. The van der Waals surface area contributed by atoms with Crippen LogP contribution >= 0.6 is 11.6 Å². The fraction of sp³-hybridized carbons (Fsp3) is 0.222. The molecule has 3 rings (SSSR count). The summed E-state index contributed by atoms with van der Waals surface area (Å²) in [6.07, 6.45) is 0.726. The molecule has 1 heterocycles. The second kappa shape index (κ2) is 7.44. The van der Waals surface area contributed by atoms with Crippen LogP contribution in [0.15, 0.2) is 42.5 Å². The molecular weight excluding hydrogens is 344 g/mol. The number of ether oxygens (including phenoxy) is 2. The van der Waals surface area contributed by atoms with E-state index in [0.29, 0.717) is 30.3 Å². The van der Waals surface area contributed by atoms with Gasteiger partial charge in [-0.3, -0.25) is 9.59 Å². The van der Waals surface area contributed by atoms with E-state index >= 15 is 0 Å². The minimum absolute atomic E-state index is 0.261. The second-order valence-electron chi connectivity index (χ2n) is 5.56. The third kappa shape index (κ3) is 3.85. The zero-order valence-corrected chi connectivity index (χ0v) is 14.1. The molecule has 0 saturated heterocycles. The Balaban J connectivity index is 1.86. The van der Waals surface area contributed by atoms with E-state index in [-0.39, 0.29) is 10.6 Å². The zero-order chi connectivity index (χ0) is 17.8. The van der Waals surface area contributed by atoms with Crippen LogP contribution in [0.2, 0.25) is 5.02 Å². The van der Waals surface area contributed by atoms with E-state index in [9.17, 15) is 9.59 Å². The van der Waals surface area contributed by atoms with Crippen molar-refractivity contribution < 1.29 is 19.1 Å². The van der Waals surface area contributed by atoms with Crippen LogP contribution in [0.4, 0.5) is 0 Å². The molecule has 0 aliphatic carbocycles. The van der Waals surface area contributed by atoms with E-state index in [4.69, 9.17) is 26.8 Å². The van der Waals surface area contributed by atoms with E-state index in [0.717, 1.165) is 6.42 Å². The van der Waals surface area contributed by atoms with Gasteiger partial charge in [0.25, 0.3) is 5.91 Å². The zero-order valence-electron chi connectivity index (χ0n) is 13.3. The first-order valence-electron chi connectivity index (χ1n) is 7.80. The molecule has 3 N–H and O–H groups in total. The monoisotopic (exact) mass is 360 g/mol. The standard InChI is InChI=1S/C18H17ClN2O4/c19-13-9-12(10-14-16(13)25-8-4-7-24-14)18(23)21-15(17(20)22)11-5-2-1-3-6-11/h1-3,5-6,9-10,15H,4,7-8H2,(H2,20,22)(H,21,23)/t15-/m0/s1. The maximum absolute atomic E-state index is 12.6. The Labute approximate surface area is 149 Å². The molecule has 0 aromatic heterocycles. The number of rotatable bonds is 4. The van der Waals surface area contributed by atoms with Crippen LogP contribution < -0.4 is 20.5 Å². The molecule has 0 radical (unpaired) electrons. The first-order valence-corrected chi connectivity index (χ1v) is 8.18. The maximum atomic E-state index is 12.6. The van der Waals surface area contributed by atoms with Gasteiger partial charge in [0.1, 0.15) is 6.04 Å². The summed E-state index contributed by atoms with van der Waals surface area (Å²) in [6, 6.07) is 10.9. The highest BCUT2D eigenvalue weighted by Gasteiger charge is 2.23. The van der Waals surface area contributed by atoms with Crippen molar-refractivity contribution >= 4 is 23.4 Å². The number of halogens is 1. The number of hydrogen-bond donors (Lipinski definition) is 2. The summed E-state index contributed by atoms with van der Waals surface area (Å²) >= 11 is 6.20. The highest BCUT2D eigenvalue weighted by Crippen LogP contribution is 2.38. The van der Waals surface area contributed by atoms with E-state index in [1.54, 1.807) is 30.3 Å². The lowest BCUT2D eigenvalue weighted by Crippen LogP contribution is -2.37. The normalized spacial score (nSPS) is 14.3. The van der Waals surface area contributed by atoms with Gasteiger partial charge in [-0.25, -0.2) is 0 Å². The molecule has 25 heavy (non-hydrogen) atoms. The van der Waals surface area contributed by atoms with Crippen molar-refractivity contribution in [3.63, 3.8) is 0 Å². The van der Waals surface area contributed by atoms with Gasteiger partial charge in [-0.15, -0.1) is 0 Å². The molecule has 6 nitrogen and oxygen atoms in total. The number of primary amides is 1. The summed E-state index contributed by atoms with van der Waals surface area (Å²) in [6.45, 7) is 0.971. The van der Waals surface area contributed by atoms with Gasteiger partial charge < -0.3 is 20.5 Å². The summed E-state index contributed by atoms with van der Waals surface area (Å²) in [5, 5.41) is 2.91. The predicted molar refractivity (Wildman–Crippen MR) is 92.9 cm³/mol. The van der Waals surface area contributed by atoms with Crippen LogP contribution in [0, 0.1) is 0 Å². The summed E-state index contributed by atoms with van der Waals surface area (Å²) in [5.41, 5.74) is 6.29. The minimum Gasteiger partial charge on any atom is -0.489 e. The number of nitrogens with two attached hydrogens (primary N) is 1. The van der Waals surface area contributed by atoms with Gasteiger partial charge in [0, 0.05) is 12.0 Å². The van der Waals surface area contributed by atoms with Crippen LogP contribution in [0.3, 0.4) is 0 Å². The lowest BCUT2D eigenvalue weighted by atomic mass is 10.1. The van der Waals surface area contributed by atoms with Crippen molar-refractivity contribution in [2.45, 2.75) is 12.5 Å². The van der Waals surface area contributed by atoms with E-state index in [2.05, 4.69) is 5.32 Å². The van der Waals surface area contributed by atoms with E-state index in [1.807, 2.05) is 6.07 Å². The Morgan fingerprint density at radius 3 is 2.56 bits per heavy atom. The van der Waals surface area contributed by atoms with Gasteiger partial charge >= 0.3 is 0 Å². The fourth-order valence-corrected chi connectivity index (χ4v) is 2.81. The summed E-state index contributed by atoms with van der Waals surface area (Å²) < 4.78 is 11.1. The molecule has 2 amide bonds. The summed E-state index contributed by atoms with van der Waals surface area (Å²) in [5.74, 6) is -0.305. The highest BCUT2D eigenvalue weighted by atomic mass is 35.5. The molecule has 0 bridgehead atoms. The molecule has 0 fully saturated rings.